The lowest BCUT2D eigenvalue weighted by Crippen LogP contribution is -2.51. The topological polar surface area (TPSA) is 129 Å². The predicted molar refractivity (Wildman–Crippen MR) is 172 cm³/mol. The molecule has 3 N–H and O–H groups in total. The van der Waals surface area contributed by atoms with Crippen LogP contribution in [0.4, 0.5) is 41.0 Å². The van der Waals surface area contributed by atoms with Crippen molar-refractivity contribution in [2.24, 2.45) is 0 Å². The number of rotatable bonds is 8. The summed E-state index contributed by atoms with van der Waals surface area (Å²) < 4.78 is 47.8. The number of alkyl halides is 3. The highest BCUT2D eigenvalue weighted by Crippen LogP contribution is 2.34. The van der Waals surface area contributed by atoms with Crippen molar-refractivity contribution in [2.75, 3.05) is 41.7 Å². The van der Waals surface area contributed by atoms with Gasteiger partial charge in [-0.2, -0.15) is 22.7 Å². The molecule has 0 bridgehead atoms. The number of anilines is 4. The summed E-state index contributed by atoms with van der Waals surface area (Å²) in [6, 6.07) is 11.9. The summed E-state index contributed by atoms with van der Waals surface area (Å²) in [5.74, 6) is 0.282. The molecule has 3 heterocycles. The summed E-state index contributed by atoms with van der Waals surface area (Å²) in [6.07, 6.45) is -6.02. The standard InChI is InChI=1S/C31H36ClF3N8O4/c1-5-23-25(40-13-15-41(16-14-40)29(46)47-30(2,3)4)26(45)43-28(38-27(39-43)36-20-9-7-6-8-10-20)42(23)18-24(44)37-22-12-11-19(17-21(22)32)31(33,34)35/h6-12,17,24,37,44H,5,13-16,18H2,1-4H3,(H,36,39). The van der Waals surface area contributed by atoms with E-state index in [-0.39, 0.29) is 29.0 Å². The number of halogens is 4. The minimum atomic E-state index is -4.58. The van der Waals surface area contributed by atoms with Crippen LogP contribution in [0.5, 0.6) is 0 Å². The van der Waals surface area contributed by atoms with Crippen molar-refractivity contribution in [1.82, 2.24) is 24.1 Å². The summed E-state index contributed by atoms with van der Waals surface area (Å²) in [6.45, 7) is 8.35. The number of piperazine rings is 1. The number of para-hydroxylation sites is 1. The summed E-state index contributed by atoms with van der Waals surface area (Å²) in [7, 11) is 0. The van der Waals surface area contributed by atoms with Crippen molar-refractivity contribution in [2.45, 2.75) is 58.7 Å². The van der Waals surface area contributed by atoms with Gasteiger partial charge < -0.3 is 34.8 Å². The lowest BCUT2D eigenvalue weighted by Gasteiger charge is -2.37. The normalized spacial score (nSPS) is 14.7. The van der Waals surface area contributed by atoms with Crippen LogP contribution in [0.1, 0.15) is 39.0 Å². The molecule has 0 saturated carbocycles. The van der Waals surface area contributed by atoms with Crippen LogP contribution in [0.2, 0.25) is 5.02 Å². The van der Waals surface area contributed by atoms with Gasteiger partial charge in [-0.05, 0) is 57.5 Å². The number of amides is 1. The summed E-state index contributed by atoms with van der Waals surface area (Å²) in [5, 5.41) is 21.2. The van der Waals surface area contributed by atoms with Crippen LogP contribution >= 0.6 is 11.6 Å². The average molecular weight is 677 g/mol. The second-order valence-corrected chi connectivity index (χ2v) is 12.4. The first kappa shape index (κ1) is 33.9. The van der Waals surface area contributed by atoms with Crippen molar-refractivity contribution in [3.8, 4) is 0 Å². The van der Waals surface area contributed by atoms with Crippen LogP contribution < -0.4 is 21.1 Å². The maximum absolute atomic E-state index is 14.0. The molecule has 47 heavy (non-hydrogen) atoms. The van der Waals surface area contributed by atoms with E-state index in [9.17, 15) is 27.9 Å². The van der Waals surface area contributed by atoms with Crippen LogP contribution in [-0.4, -0.2) is 73.3 Å². The van der Waals surface area contributed by atoms with Gasteiger partial charge in [0.15, 0.2) is 0 Å². The van der Waals surface area contributed by atoms with Crippen LogP contribution in [0.15, 0.2) is 53.3 Å². The summed E-state index contributed by atoms with van der Waals surface area (Å²) in [4.78, 5) is 34.8. The fourth-order valence-corrected chi connectivity index (χ4v) is 5.54. The Hall–Kier alpha value is -4.50. The monoisotopic (exact) mass is 676 g/mol. The third-order valence-electron chi connectivity index (χ3n) is 7.41. The zero-order valence-electron chi connectivity index (χ0n) is 26.3. The quantitative estimate of drug-likeness (QED) is 0.211. The smallest absolute Gasteiger partial charge is 0.416 e. The van der Waals surface area contributed by atoms with E-state index in [0.717, 1.165) is 22.7 Å². The van der Waals surface area contributed by atoms with Gasteiger partial charge in [-0.3, -0.25) is 4.79 Å². The molecular weight excluding hydrogens is 641 g/mol. The van der Waals surface area contributed by atoms with Gasteiger partial charge in [-0.1, -0.05) is 36.7 Å². The Morgan fingerprint density at radius 2 is 1.77 bits per heavy atom. The molecule has 1 unspecified atom stereocenters. The van der Waals surface area contributed by atoms with Crippen molar-refractivity contribution in [3.05, 3.63) is 75.2 Å². The molecule has 1 fully saturated rings. The Morgan fingerprint density at radius 1 is 1.09 bits per heavy atom. The second kappa shape index (κ2) is 13.3. The molecule has 1 saturated heterocycles. The van der Waals surface area contributed by atoms with Crippen LogP contribution in [0, 0.1) is 0 Å². The lowest BCUT2D eigenvalue weighted by atomic mass is 10.2. The minimum Gasteiger partial charge on any atom is -0.444 e. The number of ether oxygens (including phenoxy) is 1. The Bertz CT molecular complexity index is 1800. The van der Waals surface area contributed by atoms with Crippen molar-refractivity contribution < 1.29 is 27.8 Å². The lowest BCUT2D eigenvalue weighted by molar-refractivity contribution is -0.137. The highest BCUT2D eigenvalue weighted by atomic mass is 35.5. The molecule has 1 atom stereocenters. The predicted octanol–water partition coefficient (Wildman–Crippen LogP) is 5.36. The van der Waals surface area contributed by atoms with Gasteiger partial charge in [-0.25, -0.2) is 4.79 Å². The third-order valence-corrected chi connectivity index (χ3v) is 7.72. The average Bonchev–Trinajstić information content (AvgIpc) is 3.42. The molecule has 0 spiro atoms. The molecule has 2 aromatic carbocycles. The van der Waals surface area contributed by atoms with Gasteiger partial charge in [0.1, 0.15) is 17.5 Å². The van der Waals surface area contributed by atoms with Gasteiger partial charge in [0, 0.05) is 37.6 Å². The van der Waals surface area contributed by atoms with E-state index in [0.29, 0.717) is 49.7 Å². The van der Waals surface area contributed by atoms with Crippen molar-refractivity contribution in [3.63, 3.8) is 0 Å². The Morgan fingerprint density at radius 3 is 2.36 bits per heavy atom. The first-order valence-corrected chi connectivity index (χ1v) is 15.4. The van der Waals surface area contributed by atoms with Gasteiger partial charge >= 0.3 is 12.3 Å². The number of benzene rings is 2. The Kier molecular flexibility index (Phi) is 9.59. The van der Waals surface area contributed by atoms with Crippen LogP contribution in [0.25, 0.3) is 5.78 Å². The molecule has 1 aliphatic heterocycles. The number of carbonyl (C=O) groups excluding carboxylic acids is 1. The molecule has 5 rings (SSSR count). The van der Waals surface area contributed by atoms with Crippen LogP contribution in [-0.2, 0) is 23.9 Å². The van der Waals surface area contributed by atoms with E-state index in [1.165, 1.54) is 0 Å². The van der Waals surface area contributed by atoms with E-state index >= 15 is 0 Å². The summed E-state index contributed by atoms with van der Waals surface area (Å²) >= 11 is 6.13. The highest BCUT2D eigenvalue weighted by Gasteiger charge is 2.32. The molecule has 2 aromatic heterocycles. The van der Waals surface area contributed by atoms with E-state index < -0.39 is 35.2 Å². The van der Waals surface area contributed by atoms with Gasteiger partial charge in [0.2, 0.25) is 11.7 Å². The fraction of sp³-hybridized carbons (Fsp3) is 0.419. The first-order valence-electron chi connectivity index (χ1n) is 15.0. The fourth-order valence-electron chi connectivity index (χ4n) is 5.30. The maximum atomic E-state index is 14.0. The number of fused-ring (bicyclic) bond motifs is 1. The number of carbonyl (C=O) groups is 1. The first-order chi connectivity index (χ1) is 22.1. The van der Waals surface area contributed by atoms with Crippen molar-refractivity contribution in [1.29, 1.82) is 0 Å². The molecule has 0 radical (unpaired) electrons. The number of aromatic nitrogens is 4. The Balaban J connectivity index is 1.50. The minimum absolute atomic E-state index is 0.0914. The number of hydrogen-bond donors (Lipinski definition) is 3. The zero-order valence-corrected chi connectivity index (χ0v) is 27.1. The van der Waals surface area contributed by atoms with E-state index in [1.54, 1.807) is 30.2 Å². The van der Waals surface area contributed by atoms with E-state index in [1.807, 2.05) is 42.2 Å². The number of aliphatic hydroxyl groups is 1. The largest absolute Gasteiger partial charge is 0.444 e. The zero-order chi connectivity index (χ0) is 34.1. The molecule has 252 valence electrons. The van der Waals surface area contributed by atoms with E-state index in [4.69, 9.17) is 16.3 Å². The maximum Gasteiger partial charge on any atom is 0.416 e. The van der Waals surface area contributed by atoms with Crippen molar-refractivity contribution >= 4 is 46.5 Å². The summed E-state index contributed by atoms with van der Waals surface area (Å²) in [5.41, 5.74) is -0.340. The highest BCUT2D eigenvalue weighted by molar-refractivity contribution is 6.33. The van der Waals surface area contributed by atoms with Crippen LogP contribution in [0.3, 0.4) is 0 Å². The van der Waals surface area contributed by atoms with Gasteiger partial charge in [0.25, 0.3) is 5.56 Å². The molecule has 1 aliphatic rings. The SMILES string of the molecule is CCc1c(N2CCN(C(=O)OC(C)(C)C)CC2)c(=O)n2nc(Nc3ccccc3)nc2n1CC(O)Nc1ccc(C(F)(F)F)cc1Cl. The molecule has 16 heteroatoms. The van der Waals surface area contributed by atoms with Gasteiger partial charge in [-0.15, -0.1) is 5.10 Å². The number of hydrogen-bond acceptors (Lipinski definition) is 9. The van der Waals surface area contributed by atoms with Gasteiger partial charge in [0.05, 0.1) is 22.8 Å². The van der Waals surface area contributed by atoms with E-state index in [2.05, 4.69) is 20.7 Å². The third kappa shape index (κ3) is 7.73. The number of aliphatic hydroxyl groups excluding tert-OH is 1. The number of nitrogens with zero attached hydrogens (tertiary/aromatic N) is 6. The second-order valence-electron chi connectivity index (χ2n) is 12.0. The molecule has 12 nitrogen and oxygen atoms in total. The number of nitrogens with one attached hydrogen (secondary N) is 2. The molecule has 4 aromatic rings. The molecular formula is C31H36ClF3N8O4. The molecule has 0 aliphatic carbocycles. The molecule has 1 amide bonds. The Labute approximate surface area is 273 Å².